The first-order chi connectivity index (χ1) is 15.0. The van der Waals surface area contributed by atoms with Crippen molar-refractivity contribution in [2.24, 2.45) is 0 Å². The molecule has 1 aliphatic carbocycles. The summed E-state index contributed by atoms with van der Waals surface area (Å²) < 4.78 is 5.39. The van der Waals surface area contributed by atoms with Crippen LogP contribution in [0.4, 0.5) is 11.4 Å². The Labute approximate surface area is 186 Å². The van der Waals surface area contributed by atoms with Crippen molar-refractivity contribution >= 4 is 28.6 Å². The summed E-state index contributed by atoms with van der Waals surface area (Å²) in [5.74, 6) is 1.00. The minimum Gasteiger partial charge on any atom is -0.380 e. The van der Waals surface area contributed by atoms with Crippen LogP contribution in [0.5, 0.6) is 0 Å². The highest BCUT2D eigenvalue weighted by Crippen LogP contribution is 2.37. The number of fused-ring (bicyclic) bond motifs is 1. The van der Waals surface area contributed by atoms with E-state index in [1.807, 2.05) is 30.1 Å². The molecule has 1 aromatic carbocycles. The summed E-state index contributed by atoms with van der Waals surface area (Å²) >= 11 is 1.81. The number of amides is 1. The zero-order valence-corrected chi connectivity index (χ0v) is 19.1. The molecule has 2 aliphatic rings. The molecular weight excluding hydrogens is 408 g/mol. The number of rotatable bonds is 4. The van der Waals surface area contributed by atoms with Gasteiger partial charge in [0.1, 0.15) is 5.76 Å². The minimum absolute atomic E-state index is 0.203. The van der Waals surface area contributed by atoms with Crippen molar-refractivity contribution < 1.29 is 9.32 Å². The zero-order valence-electron chi connectivity index (χ0n) is 18.3. The minimum atomic E-state index is 0.203. The maximum absolute atomic E-state index is 12.8. The van der Waals surface area contributed by atoms with E-state index in [-0.39, 0.29) is 5.91 Å². The van der Waals surface area contributed by atoms with E-state index in [4.69, 9.17) is 4.52 Å². The molecule has 6 nitrogen and oxygen atoms in total. The molecule has 1 atom stereocenters. The molecule has 0 spiro atoms. The lowest BCUT2D eigenvalue weighted by atomic mass is 9.96. The van der Waals surface area contributed by atoms with Gasteiger partial charge >= 0.3 is 0 Å². The molecule has 31 heavy (non-hydrogen) atoms. The molecule has 3 aromatic rings. The number of carbonyl (C=O) groups is 1. The van der Waals surface area contributed by atoms with E-state index in [1.54, 1.807) is 0 Å². The van der Waals surface area contributed by atoms with Crippen molar-refractivity contribution in [1.82, 2.24) is 10.1 Å². The Balaban J connectivity index is 1.49. The molecule has 0 bridgehead atoms. The van der Waals surface area contributed by atoms with Crippen molar-refractivity contribution in [1.29, 1.82) is 0 Å². The second kappa shape index (κ2) is 8.11. The second-order valence-electron chi connectivity index (χ2n) is 8.62. The van der Waals surface area contributed by atoms with Gasteiger partial charge in [-0.05, 0) is 64.2 Å². The third kappa shape index (κ3) is 3.87. The van der Waals surface area contributed by atoms with E-state index in [2.05, 4.69) is 40.6 Å². The molecule has 162 valence electrons. The standard InChI is InChI=1S/C24H28N4O2S/c1-14-24(15(2)30-27-14)17-7-9-19(21(12-17)28-11-5-4-6-23(28)29)26-18-8-10-20-22(13-18)31-16(3)25-20/h7,9,12,18,26H,4-6,8,10-11,13H2,1-3H3/t18-/m1/s1. The van der Waals surface area contributed by atoms with Crippen LogP contribution in [0.25, 0.3) is 11.1 Å². The molecule has 7 heteroatoms. The summed E-state index contributed by atoms with van der Waals surface area (Å²) in [6, 6.07) is 6.70. The maximum atomic E-state index is 12.8. The van der Waals surface area contributed by atoms with E-state index in [0.717, 1.165) is 77.6 Å². The Kier molecular flexibility index (Phi) is 5.30. The predicted molar refractivity (Wildman–Crippen MR) is 124 cm³/mol. The van der Waals surface area contributed by atoms with E-state index < -0.39 is 0 Å². The number of anilines is 2. The quantitative estimate of drug-likeness (QED) is 0.608. The van der Waals surface area contributed by atoms with Crippen LogP contribution in [-0.4, -0.2) is 28.6 Å². The van der Waals surface area contributed by atoms with Crippen molar-refractivity contribution in [3.8, 4) is 11.1 Å². The number of piperidine rings is 1. The summed E-state index contributed by atoms with van der Waals surface area (Å²) in [5, 5.41) is 9.03. The molecule has 0 radical (unpaired) electrons. The van der Waals surface area contributed by atoms with Gasteiger partial charge < -0.3 is 14.7 Å². The van der Waals surface area contributed by atoms with Gasteiger partial charge in [0.15, 0.2) is 0 Å². The number of nitrogens with one attached hydrogen (secondary N) is 1. The van der Waals surface area contributed by atoms with Gasteiger partial charge in [0, 0.05) is 35.9 Å². The molecule has 5 rings (SSSR count). The number of carbonyl (C=O) groups excluding carboxylic acids is 1. The first-order valence-corrected chi connectivity index (χ1v) is 11.9. The Morgan fingerprint density at radius 3 is 2.84 bits per heavy atom. The van der Waals surface area contributed by atoms with Gasteiger partial charge in [-0.1, -0.05) is 11.2 Å². The maximum Gasteiger partial charge on any atom is 0.227 e. The number of hydrogen-bond acceptors (Lipinski definition) is 6. The van der Waals surface area contributed by atoms with Crippen molar-refractivity contribution in [2.45, 2.75) is 65.3 Å². The summed E-state index contributed by atoms with van der Waals surface area (Å²) in [6.07, 6.45) is 5.66. The topological polar surface area (TPSA) is 71.3 Å². The Bertz CT molecular complexity index is 1110. The lowest BCUT2D eigenvalue weighted by Gasteiger charge is -2.31. The van der Waals surface area contributed by atoms with Crippen LogP contribution in [0.3, 0.4) is 0 Å². The fraction of sp³-hybridized carbons (Fsp3) is 0.458. The molecule has 0 unspecified atom stereocenters. The summed E-state index contributed by atoms with van der Waals surface area (Å²) in [5.41, 5.74) is 6.18. The summed E-state index contributed by atoms with van der Waals surface area (Å²) in [7, 11) is 0. The lowest BCUT2D eigenvalue weighted by Crippen LogP contribution is -2.36. The molecule has 2 aromatic heterocycles. The molecule has 3 heterocycles. The van der Waals surface area contributed by atoms with Crippen LogP contribution in [0.15, 0.2) is 22.7 Å². The highest BCUT2D eigenvalue weighted by atomic mass is 32.1. The fourth-order valence-electron chi connectivity index (χ4n) is 4.84. The average Bonchev–Trinajstić information content (AvgIpc) is 3.29. The van der Waals surface area contributed by atoms with Crippen LogP contribution < -0.4 is 10.2 Å². The molecule has 1 fully saturated rings. The van der Waals surface area contributed by atoms with Crippen molar-refractivity contribution in [3.63, 3.8) is 0 Å². The van der Waals surface area contributed by atoms with Crippen LogP contribution >= 0.6 is 11.3 Å². The van der Waals surface area contributed by atoms with Gasteiger partial charge in [-0.3, -0.25) is 4.79 Å². The monoisotopic (exact) mass is 436 g/mol. The third-order valence-corrected chi connectivity index (χ3v) is 7.38. The molecular formula is C24H28N4O2S. The Morgan fingerprint density at radius 2 is 2.06 bits per heavy atom. The SMILES string of the molecule is Cc1nc2c(s1)C[C@H](Nc1ccc(-c3c(C)noc3C)cc1N1CCCCC1=O)CC2. The van der Waals surface area contributed by atoms with Gasteiger partial charge in [0.05, 0.1) is 27.8 Å². The fourth-order valence-corrected chi connectivity index (χ4v) is 5.90. The highest BCUT2D eigenvalue weighted by molar-refractivity contribution is 7.11. The number of nitrogens with zero attached hydrogens (tertiary/aromatic N) is 3. The van der Waals surface area contributed by atoms with Crippen molar-refractivity contribution in [2.75, 3.05) is 16.8 Å². The molecule has 1 saturated heterocycles. The summed E-state index contributed by atoms with van der Waals surface area (Å²) in [4.78, 5) is 20.8. The number of thiazole rings is 1. The lowest BCUT2D eigenvalue weighted by molar-refractivity contribution is -0.119. The zero-order chi connectivity index (χ0) is 21.5. The van der Waals surface area contributed by atoms with Gasteiger partial charge in [-0.2, -0.15) is 0 Å². The first-order valence-electron chi connectivity index (χ1n) is 11.1. The summed E-state index contributed by atoms with van der Waals surface area (Å²) in [6.45, 7) is 6.74. The molecule has 1 N–H and O–H groups in total. The van der Waals surface area contributed by atoms with Crippen molar-refractivity contribution in [3.05, 3.63) is 45.2 Å². The Morgan fingerprint density at radius 1 is 1.19 bits per heavy atom. The number of hydrogen-bond donors (Lipinski definition) is 1. The van der Waals surface area contributed by atoms with Gasteiger partial charge in [0.25, 0.3) is 0 Å². The van der Waals surface area contributed by atoms with E-state index in [9.17, 15) is 4.79 Å². The van der Waals surface area contributed by atoms with E-state index in [0.29, 0.717) is 12.5 Å². The molecule has 0 saturated carbocycles. The van der Waals surface area contributed by atoms with Crippen LogP contribution in [-0.2, 0) is 17.6 Å². The second-order valence-corrected chi connectivity index (χ2v) is 9.91. The van der Waals surface area contributed by atoms with Crippen LogP contribution in [0.2, 0.25) is 0 Å². The smallest absolute Gasteiger partial charge is 0.227 e. The normalized spacial score (nSPS) is 18.9. The predicted octanol–water partition coefficient (Wildman–Crippen LogP) is 5.21. The van der Waals surface area contributed by atoms with E-state index >= 15 is 0 Å². The van der Waals surface area contributed by atoms with Crippen LogP contribution in [0, 0.1) is 20.8 Å². The van der Waals surface area contributed by atoms with E-state index in [1.165, 1.54) is 10.6 Å². The van der Waals surface area contributed by atoms with Gasteiger partial charge in [-0.25, -0.2) is 4.98 Å². The van der Waals surface area contributed by atoms with Gasteiger partial charge in [-0.15, -0.1) is 11.3 Å². The highest BCUT2D eigenvalue weighted by Gasteiger charge is 2.26. The first kappa shape index (κ1) is 20.2. The number of aromatic nitrogens is 2. The number of benzene rings is 1. The van der Waals surface area contributed by atoms with Crippen LogP contribution in [0.1, 0.15) is 52.7 Å². The molecule has 1 aliphatic heterocycles. The largest absolute Gasteiger partial charge is 0.380 e. The molecule has 1 amide bonds. The third-order valence-electron chi connectivity index (χ3n) is 6.34. The van der Waals surface area contributed by atoms with Gasteiger partial charge in [0.2, 0.25) is 5.91 Å². The average molecular weight is 437 g/mol. The Hall–Kier alpha value is -2.67. The number of aryl methyl sites for hydroxylation is 4.